The number of ether oxygens (including phenoxy) is 2. The number of likely N-dealkylation sites (N-methyl/N-ethyl adjacent to an activating group) is 1. The van der Waals surface area contributed by atoms with Gasteiger partial charge in [-0.05, 0) is 114 Å². The largest absolute Gasteiger partial charge is 0.489 e. The topological polar surface area (TPSA) is 112 Å². The summed E-state index contributed by atoms with van der Waals surface area (Å²) in [5.74, 6) is 0.592. The molecule has 64 heavy (non-hydrogen) atoms. The smallest absolute Gasteiger partial charge is 0.272 e. The van der Waals surface area contributed by atoms with Crippen molar-refractivity contribution in [2.75, 3.05) is 11.9 Å². The summed E-state index contributed by atoms with van der Waals surface area (Å²) in [4.78, 5) is 46.1. The number of nitrogens with one attached hydrogen (secondary N) is 1. The van der Waals surface area contributed by atoms with Gasteiger partial charge in [-0.25, -0.2) is 0 Å². The second kappa shape index (κ2) is 18.7. The number of nitriles is 1. The van der Waals surface area contributed by atoms with Gasteiger partial charge in [-0.2, -0.15) is 5.26 Å². The Morgan fingerprint density at radius 2 is 1.55 bits per heavy atom. The van der Waals surface area contributed by atoms with Crippen LogP contribution in [0.2, 0.25) is 10.0 Å². The number of nitrogens with zero attached hydrogens (tertiary/aromatic N) is 3. The van der Waals surface area contributed by atoms with E-state index in [0.29, 0.717) is 64.4 Å². The fraction of sp³-hybridized carbons (Fsp3) is 0.245. The van der Waals surface area contributed by atoms with Crippen molar-refractivity contribution in [3.05, 3.63) is 182 Å². The van der Waals surface area contributed by atoms with E-state index in [4.69, 9.17) is 32.7 Å². The van der Waals surface area contributed by atoms with Crippen molar-refractivity contribution < 1.29 is 23.9 Å². The highest BCUT2D eigenvalue weighted by atomic mass is 35.5. The molecule has 0 saturated carbocycles. The summed E-state index contributed by atoms with van der Waals surface area (Å²) < 4.78 is 12.5. The lowest BCUT2D eigenvalue weighted by Crippen LogP contribution is -2.59. The van der Waals surface area contributed by atoms with E-state index in [0.717, 1.165) is 45.4 Å². The summed E-state index contributed by atoms with van der Waals surface area (Å²) in [6.45, 7) is 6.17. The number of rotatable bonds is 13. The lowest BCUT2D eigenvalue weighted by molar-refractivity contribution is -0.135. The van der Waals surface area contributed by atoms with E-state index in [9.17, 15) is 19.6 Å². The molecule has 11 heteroatoms. The Morgan fingerprint density at radius 3 is 2.19 bits per heavy atom. The van der Waals surface area contributed by atoms with Crippen molar-refractivity contribution in [3.8, 4) is 28.7 Å². The number of benzene rings is 6. The Hall–Kier alpha value is -6.44. The number of fused-ring (bicyclic) bond motifs is 2. The van der Waals surface area contributed by atoms with E-state index in [1.807, 2.05) is 97.1 Å². The van der Waals surface area contributed by atoms with Crippen LogP contribution >= 0.6 is 23.2 Å². The van der Waals surface area contributed by atoms with Crippen LogP contribution in [0.1, 0.15) is 78.3 Å². The zero-order valence-corrected chi connectivity index (χ0v) is 37.6. The molecule has 2 amide bonds. The second-order valence-electron chi connectivity index (χ2n) is 16.8. The van der Waals surface area contributed by atoms with Crippen LogP contribution in [0.25, 0.3) is 11.1 Å². The van der Waals surface area contributed by atoms with E-state index in [2.05, 4.69) is 35.3 Å². The predicted molar refractivity (Wildman–Crippen MR) is 250 cm³/mol. The van der Waals surface area contributed by atoms with Crippen molar-refractivity contribution >= 4 is 46.5 Å². The number of anilines is 1. The first kappa shape index (κ1) is 44.2. The minimum atomic E-state index is -1.19. The molecule has 4 atom stereocenters. The average Bonchev–Trinajstić information content (AvgIpc) is 3.31. The van der Waals surface area contributed by atoms with Gasteiger partial charge in [-0.1, -0.05) is 115 Å². The molecule has 8 rings (SSSR count). The molecule has 0 unspecified atom stereocenters. The third kappa shape index (κ3) is 9.27. The van der Waals surface area contributed by atoms with E-state index in [1.54, 1.807) is 43.1 Å². The minimum Gasteiger partial charge on any atom is -0.489 e. The second-order valence-corrected chi connectivity index (χ2v) is 17.6. The standard InChI is InChI=1S/C53H48Cl2N4O5/c1-5-46(39-9-7-6-8-10-39)59-31-42-28-49-47(58(4)52(62)50(64-49)40-20-22-43(23-21-40)63-32-36-15-24-44(54)45(55)25-36)26-41(42)27-48(59)51(61)57-53(3,33(2)60)29-34-11-16-37(17-12-34)38-18-13-35(30-56)14-19-38/h6-26,28,46,48,50H,5,27,29,31-32H2,1-4H3,(H,57,61)/t46-,48-,50+,53-/m0/s1. The molecule has 0 spiro atoms. The van der Waals surface area contributed by atoms with Gasteiger partial charge < -0.3 is 19.7 Å². The lowest BCUT2D eigenvalue weighted by atomic mass is 9.86. The molecule has 6 aromatic carbocycles. The van der Waals surface area contributed by atoms with Gasteiger partial charge in [0, 0.05) is 31.6 Å². The van der Waals surface area contributed by atoms with Gasteiger partial charge in [-0.3, -0.25) is 19.3 Å². The van der Waals surface area contributed by atoms with Crippen LogP contribution in [0, 0.1) is 11.3 Å². The summed E-state index contributed by atoms with van der Waals surface area (Å²) in [5, 5.41) is 13.4. The van der Waals surface area contributed by atoms with Gasteiger partial charge in [0.15, 0.2) is 5.78 Å². The molecule has 6 aromatic rings. The van der Waals surface area contributed by atoms with Crippen molar-refractivity contribution in [1.82, 2.24) is 10.2 Å². The average molecular weight is 892 g/mol. The predicted octanol–water partition coefficient (Wildman–Crippen LogP) is 10.8. The van der Waals surface area contributed by atoms with Gasteiger partial charge in [-0.15, -0.1) is 0 Å². The molecule has 1 N–H and O–H groups in total. The quantitative estimate of drug-likeness (QED) is 0.123. The number of carbonyl (C=O) groups is 3. The zero-order chi connectivity index (χ0) is 45.1. The molecule has 9 nitrogen and oxygen atoms in total. The number of halogens is 2. The number of hydrogen-bond donors (Lipinski definition) is 1. The Morgan fingerprint density at radius 1 is 0.875 bits per heavy atom. The van der Waals surface area contributed by atoms with Crippen LogP contribution in [0.4, 0.5) is 5.69 Å². The van der Waals surface area contributed by atoms with Crippen LogP contribution in [0.15, 0.2) is 133 Å². The summed E-state index contributed by atoms with van der Waals surface area (Å²) >= 11 is 12.2. The van der Waals surface area contributed by atoms with E-state index < -0.39 is 17.7 Å². The van der Waals surface area contributed by atoms with Crippen LogP contribution in [0.3, 0.4) is 0 Å². The van der Waals surface area contributed by atoms with Crippen LogP contribution in [0.5, 0.6) is 11.5 Å². The van der Waals surface area contributed by atoms with Crippen LogP contribution in [-0.2, 0) is 40.4 Å². The van der Waals surface area contributed by atoms with Crippen LogP contribution < -0.4 is 19.7 Å². The molecule has 2 aliphatic heterocycles. The highest BCUT2D eigenvalue weighted by molar-refractivity contribution is 6.42. The van der Waals surface area contributed by atoms with Crippen molar-refractivity contribution in [2.45, 2.75) is 76.9 Å². The molecule has 0 fully saturated rings. The first-order valence-corrected chi connectivity index (χ1v) is 22.1. The lowest BCUT2D eigenvalue weighted by Gasteiger charge is -2.43. The van der Waals surface area contributed by atoms with E-state index in [-0.39, 0.29) is 23.6 Å². The van der Waals surface area contributed by atoms with Gasteiger partial charge in [0.25, 0.3) is 5.91 Å². The molecule has 0 aromatic heterocycles. The molecule has 324 valence electrons. The third-order valence-corrected chi connectivity index (χ3v) is 13.2. The number of carbonyl (C=O) groups excluding carboxylic acids is 3. The molecule has 0 aliphatic carbocycles. The third-order valence-electron chi connectivity index (χ3n) is 12.5. The Labute approximate surface area is 384 Å². The Balaban J connectivity index is 1.04. The van der Waals surface area contributed by atoms with Gasteiger partial charge in [0.1, 0.15) is 18.1 Å². The van der Waals surface area contributed by atoms with Gasteiger partial charge in [0.05, 0.1) is 38.9 Å². The maximum Gasteiger partial charge on any atom is 0.272 e. The van der Waals surface area contributed by atoms with E-state index >= 15 is 0 Å². The molecule has 2 aliphatic rings. The number of Topliss-reactive ketones (excluding diaryl/α,β-unsaturated/α-hetero) is 1. The Kier molecular flexibility index (Phi) is 12.9. The summed E-state index contributed by atoms with van der Waals surface area (Å²) in [5.41, 5.74) is 7.49. The monoisotopic (exact) mass is 890 g/mol. The molecular weight excluding hydrogens is 844 g/mol. The number of amides is 2. The zero-order valence-electron chi connectivity index (χ0n) is 36.1. The summed E-state index contributed by atoms with van der Waals surface area (Å²) in [6, 6.07) is 43.6. The van der Waals surface area contributed by atoms with Crippen LogP contribution in [-0.4, -0.2) is 41.1 Å². The minimum absolute atomic E-state index is 0.102. The summed E-state index contributed by atoms with van der Waals surface area (Å²) in [6.07, 6.45) is 0.531. The highest BCUT2D eigenvalue weighted by Crippen LogP contribution is 2.44. The van der Waals surface area contributed by atoms with Crippen molar-refractivity contribution in [2.24, 2.45) is 0 Å². The van der Waals surface area contributed by atoms with Gasteiger partial charge in [0.2, 0.25) is 12.0 Å². The molecule has 0 bridgehead atoms. The summed E-state index contributed by atoms with van der Waals surface area (Å²) in [7, 11) is 1.74. The molecule has 0 saturated heterocycles. The first-order chi connectivity index (χ1) is 30.8. The molecule has 0 radical (unpaired) electrons. The maximum absolute atomic E-state index is 14.8. The van der Waals surface area contributed by atoms with Crippen molar-refractivity contribution in [3.63, 3.8) is 0 Å². The maximum atomic E-state index is 14.8. The fourth-order valence-corrected chi connectivity index (χ4v) is 9.00. The SMILES string of the molecule is CC[C@@H](c1ccccc1)N1Cc2cc3c(cc2C[C@H]1C(=O)N[C@@](C)(Cc1ccc(-c2ccc(C#N)cc2)cc1)C(C)=O)N(C)C(=O)[C@@H](c1ccc(OCc2ccc(Cl)c(Cl)c2)cc1)O3. The fourth-order valence-electron chi connectivity index (χ4n) is 8.68. The highest BCUT2D eigenvalue weighted by Gasteiger charge is 2.42. The number of ketones is 1. The van der Waals surface area contributed by atoms with E-state index in [1.165, 1.54) is 6.92 Å². The van der Waals surface area contributed by atoms with Crippen molar-refractivity contribution in [1.29, 1.82) is 5.26 Å². The van der Waals surface area contributed by atoms with Gasteiger partial charge >= 0.3 is 0 Å². The molecule has 2 heterocycles. The normalized spacial score (nSPS) is 17.2. The Bertz CT molecular complexity index is 2740. The number of hydrogen-bond acceptors (Lipinski definition) is 7. The first-order valence-electron chi connectivity index (χ1n) is 21.3. The molecular formula is C53H48Cl2N4O5.